The van der Waals surface area contributed by atoms with Gasteiger partial charge in [0, 0.05) is 16.3 Å². The Balaban J connectivity index is 2.06. The summed E-state index contributed by atoms with van der Waals surface area (Å²) in [6, 6.07) is -0.608. The van der Waals surface area contributed by atoms with Gasteiger partial charge in [-0.2, -0.15) is 16.7 Å². The van der Waals surface area contributed by atoms with Gasteiger partial charge in [-0.05, 0) is 6.92 Å². The molecule has 5 nitrogen and oxygen atoms in total. The van der Waals surface area contributed by atoms with Crippen LogP contribution in [0.5, 0.6) is 0 Å². The van der Waals surface area contributed by atoms with Crippen molar-refractivity contribution in [2.24, 2.45) is 5.73 Å². The van der Waals surface area contributed by atoms with Gasteiger partial charge in [-0.25, -0.2) is 0 Å². The fourth-order valence-electron chi connectivity index (χ4n) is 1.64. The molecule has 2 heterocycles. The minimum absolute atomic E-state index is 0.250. The Hall–Kier alpha value is -0.240. The average molecular weight is 289 g/mol. The quantitative estimate of drug-likeness (QED) is 0.876. The van der Waals surface area contributed by atoms with Gasteiger partial charge in [0.05, 0.1) is 11.4 Å². The highest BCUT2D eigenvalue weighted by atomic mass is 32.2. The Morgan fingerprint density at radius 2 is 2.17 bits per heavy atom. The molecule has 1 aromatic rings. The van der Waals surface area contributed by atoms with Crippen LogP contribution in [0.3, 0.4) is 0 Å². The van der Waals surface area contributed by atoms with Crippen molar-refractivity contribution >= 4 is 23.5 Å². The molecule has 0 spiro atoms. The van der Waals surface area contributed by atoms with Crippen molar-refractivity contribution in [2.45, 2.75) is 48.7 Å². The number of nitrogens with two attached hydrogens (primary N) is 1. The van der Waals surface area contributed by atoms with Crippen LogP contribution in [0.2, 0.25) is 0 Å². The van der Waals surface area contributed by atoms with Gasteiger partial charge in [-0.1, -0.05) is 19.0 Å². The molecule has 1 aliphatic rings. The van der Waals surface area contributed by atoms with Crippen molar-refractivity contribution in [1.29, 1.82) is 0 Å². The monoisotopic (exact) mass is 289 g/mol. The van der Waals surface area contributed by atoms with Crippen molar-refractivity contribution in [3.63, 3.8) is 0 Å². The van der Waals surface area contributed by atoms with E-state index in [2.05, 4.69) is 24.0 Å². The lowest BCUT2D eigenvalue weighted by atomic mass is 10.2. The number of nitrogens with zero attached hydrogens (tertiary/aromatic N) is 2. The zero-order valence-corrected chi connectivity index (χ0v) is 12.4. The van der Waals surface area contributed by atoms with E-state index in [0.717, 1.165) is 5.75 Å². The maximum absolute atomic E-state index is 9.41. The molecular weight excluding hydrogens is 270 g/mol. The predicted molar refractivity (Wildman–Crippen MR) is 74.6 cm³/mol. The number of rotatable bonds is 3. The van der Waals surface area contributed by atoms with Crippen LogP contribution in [0.25, 0.3) is 0 Å². The summed E-state index contributed by atoms with van der Waals surface area (Å²) in [7, 11) is 0. The first-order chi connectivity index (χ1) is 8.49. The molecule has 0 aliphatic carbocycles. The molecule has 1 aliphatic heterocycles. The molecule has 1 aromatic heterocycles. The van der Waals surface area contributed by atoms with Gasteiger partial charge in [0.15, 0.2) is 5.82 Å². The first kappa shape index (κ1) is 14.2. The number of aliphatic hydroxyl groups is 1. The Labute approximate surface area is 115 Å². The summed E-state index contributed by atoms with van der Waals surface area (Å²) < 4.78 is 5.13. The smallest absolute Gasteiger partial charge is 0.246 e. The van der Waals surface area contributed by atoms with Gasteiger partial charge in [0.2, 0.25) is 5.89 Å². The summed E-state index contributed by atoms with van der Waals surface area (Å²) in [5.74, 6) is 1.99. The van der Waals surface area contributed by atoms with Crippen molar-refractivity contribution in [1.82, 2.24) is 10.1 Å². The summed E-state index contributed by atoms with van der Waals surface area (Å²) in [6.45, 7) is 6.07. The molecule has 2 rings (SSSR count). The van der Waals surface area contributed by atoms with Gasteiger partial charge in [-0.3, -0.25) is 0 Å². The number of hydrogen-bond donors (Lipinski definition) is 2. The van der Waals surface area contributed by atoms with Gasteiger partial charge >= 0.3 is 0 Å². The topological polar surface area (TPSA) is 85.2 Å². The van der Waals surface area contributed by atoms with E-state index in [9.17, 15) is 5.11 Å². The molecule has 102 valence electrons. The van der Waals surface area contributed by atoms with Crippen LogP contribution in [0, 0.1) is 0 Å². The normalized spacial score (nSPS) is 32.2. The molecule has 0 aromatic carbocycles. The van der Waals surface area contributed by atoms with Crippen molar-refractivity contribution < 1.29 is 9.63 Å². The van der Waals surface area contributed by atoms with Crippen LogP contribution in [0.4, 0.5) is 0 Å². The first-order valence-electron chi connectivity index (χ1n) is 6.03. The second-order valence-corrected chi connectivity index (χ2v) is 7.62. The predicted octanol–water partition coefficient (Wildman–Crippen LogP) is 1.75. The number of hydrogen-bond acceptors (Lipinski definition) is 7. The Bertz CT molecular complexity index is 399. The van der Waals surface area contributed by atoms with Crippen LogP contribution >= 0.6 is 23.5 Å². The lowest BCUT2D eigenvalue weighted by Crippen LogP contribution is -2.24. The van der Waals surface area contributed by atoms with E-state index in [0.29, 0.717) is 22.2 Å². The van der Waals surface area contributed by atoms with Crippen molar-refractivity contribution in [2.75, 3.05) is 5.75 Å². The second kappa shape index (κ2) is 5.81. The molecule has 7 heteroatoms. The van der Waals surface area contributed by atoms with Crippen LogP contribution in [-0.4, -0.2) is 37.6 Å². The maximum Gasteiger partial charge on any atom is 0.246 e. The largest absolute Gasteiger partial charge is 0.391 e. The molecule has 5 unspecified atom stereocenters. The summed E-state index contributed by atoms with van der Waals surface area (Å²) in [5, 5.41) is 14.9. The molecule has 0 radical (unpaired) electrons. The number of thioether (sulfide) groups is 2. The number of aromatic nitrogens is 2. The average Bonchev–Trinajstić information content (AvgIpc) is 2.81. The van der Waals surface area contributed by atoms with Gasteiger partial charge in [0.1, 0.15) is 6.04 Å². The van der Waals surface area contributed by atoms with E-state index in [4.69, 9.17) is 10.3 Å². The highest BCUT2D eigenvalue weighted by Gasteiger charge is 2.30. The van der Waals surface area contributed by atoms with E-state index in [1.165, 1.54) is 0 Å². The van der Waals surface area contributed by atoms with Crippen LogP contribution in [-0.2, 0) is 0 Å². The fourth-order valence-corrected chi connectivity index (χ4v) is 4.47. The summed E-state index contributed by atoms with van der Waals surface area (Å²) in [5.41, 5.74) is 5.77. The van der Waals surface area contributed by atoms with Crippen molar-refractivity contribution in [3.8, 4) is 0 Å². The lowest BCUT2D eigenvalue weighted by Gasteiger charge is -2.29. The molecule has 1 fully saturated rings. The van der Waals surface area contributed by atoms with Crippen LogP contribution in [0.15, 0.2) is 4.52 Å². The van der Waals surface area contributed by atoms with E-state index < -0.39 is 12.1 Å². The SMILES string of the molecule is CC(O)C(N)c1nc(C2CSC(C)C(C)S2)no1. The minimum Gasteiger partial charge on any atom is -0.391 e. The van der Waals surface area contributed by atoms with Gasteiger partial charge < -0.3 is 15.4 Å². The third-order valence-electron chi connectivity index (χ3n) is 3.10. The summed E-state index contributed by atoms with van der Waals surface area (Å²) in [6.07, 6.45) is -0.689. The molecule has 0 bridgehead atoms. The molecule has 1 saturated heterocycles. The maximum atomic E-state index is 9.41. The van der Waals surface area contributed by atoms with E-state index in [1.54, 1.807) is 6.92 Å². The third kappa shape index (κ3) is 3.01. The number of aliphatic hydroxyl groups excluding tert-OH is 1. The van der Waals surface area contributed by atoms with E-state index in [-0.39, 0.29) is 5.25 Å². The Kier molecular flexibility index (Phi) is 4.58. The van der Waals surface area contributed by atoms with Crippen LogP contribution in [0.1, 0.15) is 43.8 Å². The molecule has 5 atom stereocenters. The first-order valence-corrected chi connectivity index (χ1v) is 8.02. The van der Waals surface area contributed by atoms with E-state index in [1.807, 2.05) is 23.5 Å². The molecule has 0 saturated carbocycles. The highest BCUT2D eigenvalue weighted by Crippen LogP contribution is 2.43. The molecular formula is C11H19N3O2S2. The van der Waals surface area contributed by atoms with Crippen molar-refractivity contribution in [3.05, 3.63) is 11.7 Å². The highest BCUT2D eigenvalue weighted by molar-refractivity contribution is 8.07. The van der Waals surface area contributed by atoms with E-state index >= 15 is 0 Å². The summed E-state index contributed by atoms with van der Waals surface area (Å²) >= 11 is 3.80. The third-order valence-corrected chi connectivity index (χ3v) is 6.49. The lowest BCUT2D eigenvalue weighted by molar-refractivity contribution is 0.146. The minimum atomic E-state index is -0.689. The second-order valence-electron chi connectivity index (χ2n) is 4.63. The molecule has 3 N–H and O–H groups in total. The van der Waals surface area contributed by atoms with Gasteiger partial charge in [-0.15, -0.1) is 11.8 Å². The zero-order valence-electron chi connectivity index (χ0n) is 10.7. The standard InChI is InChI=1S/C11H19N3O2S2/c1-5(15)9(12)11-13-10(14-16-11)8-4-17-6(2)7(3)18-8/h5-9,15H,4,12H2,1-3H3. The van der Waals surface area contributed by atoms with Crippen LogP contribution < -0.4 is 5.73 Å². The fraction of sp³-hybridized carbons (Fsp3) is 0.818. The Morgan fingerprint density at radius 1 is 1.44 bits per heavy atom. The molecule has 0 amide bonds. The van der Waals surface area contributed by atoms with Gasteiger partial charge in [0.25, 0.3) is 0 Å². The molecule has 18 heavy (non-hydrogen) atoms. The summed E-state index contributed by atoms with van der Waals surface area (Å²) in [4.78, 5) is 4.32. The zero-order chi connectivity index (χ0) is 13.3. The Morgan fingerprint density at radius 3 is 2.78 bits per heavy atom.